The van der Waals surface area contributed by atoms with Crippen LogP contribution in [-0.2, 0) is 0 Å². The lowest BCUT2D eigenvalue weighted by Crippen LogP contribution is -2.47. The molecule has 0 amide bonds. The molecule has 5 heteroatoms. The number of hydrogen-bond acceptors (Lipinski definition) is 5. The third-order valence-corrected chi connectivity index (χ3v) is 3.15. The maximum Gasteiger partial charge on any atom is 0.127 e. The van der Waals surface area contributed by atoms with Crippen molar-refractivity contribution >= 4 is 11.5 Å². The Hall–Kier alpha value is -1.33. The Morgan fingerprint density at radius 3 is 2.76 bits per heavy atom. The topological polar surface area (TPSA) is 51.6 Å². The third-order valence-electron chi connectivity index (χ3n) is 3.15. The van der Waals surface area contributed by atoms with Gasteiger partial charge >= 0.3 is 0 Å². The van der Waals surface area contributed by atoms with Crippen molar-refractivity contribution in [2.45, 2.75) is 0 Å². The Kier molecular flexibility index (Phi) is 4.17. The van der Waals surface area contributed by atoms with Crippen LogP contribution in [0.1, 0.15) is 0 Å². The van der Waals surface area contributed by atoms with Gasteiger partial charge in [0.1, 0.15) is 5.82 Å². The van der Waals surface area contributed by atoms with Crippen molar-refractivity contribution in [2.75, 3.05) is 56.6 Å². The standard InChI is InChI=1S/C12H20N4O/c1-13-12-10-11(2-3-14-12)16-6-4-15(5-7-16)8-9-17/h2-3,10,17H,4-9H2,1H3,(H,13,14). The van der Waals surface area contributed by atoms with Crippen LogP contribution in [0.15, 0.2) is 18.3 Å². The molecule has 0 spiro atoms. The van der Waals surface area contributed by atoms with Gasteiger partial charge in [-0.1, -0.05) is 0 Å². The molecule has 0 radical (unpaired) electrons. The average Bonchev–Trinajstić information content (AvgIpc) is 2.40. The summed E-state index contributed by atoms with van der Waals surface area (Å²) in [7, 11) is 1.88. The predicted octanol–water partition coefficient (Wildman–Crippen LogP) is 0.238. The van der Waals surface area contributed by atoms with Crippen LogP contribution in [0.2, 0.25) is 0 Å². The van der Waals surface area contributed by atoms with Gasteiger partial charge in [-0.3, -0.25) is 4.90 Å². The molecule has 1 aromatic rings. The molecule has 0 bridgehead atoms. The fraction of sp³-hybridized carbons (Fsp3) is 0.583. The van der Waals surface area contributed by atoms with Crippen molar-refractivity contribution in [2.24, 2.45) is 0 Å². The highest BCUT2D eigenvalue weighted by molar-refractivity contribution is 5.53. The highest BCUT2D eigenvalue weighted by Gasteiger charge is 2.16. The summed E-state index contributed by atoms with van der Waals surface area (Å²) in [6.07, 6.45) is 1.83. The number of aliphatic hydroxyl groups is 1. The van der Waals surface area contributed by atoms with E-state index in [4.69, 9.17) is 5.11 Å². The minimum atomic E-state index is 0.249. The van der Waals surface area contributed by atoms with E-state index in [9.17, 15) is 0 Å². The number of nitrogens with one attached hydrogen (secondary N) is 1. The molecule has 1 aliphatic heterocycles. The van der Waals surface area contributed by atoms with Crippen LogP contribution in [0.25, 0.3) is 0 Å². The summed E-state index contributed by atoms with van der Waals surface area (Å²) in [6.45, 7) is 5.07. The van der Waals surface area contributed by atoms with Gasteiger partial charge in [-0.2, -0.15) is 0 Å². The van der Waals surface area contributed by atoms with E-state index >= 15 is 0 Å². The predicted molar refractivity (Wildman–Crippen MR) is 69.5 cm³/mol. The number of nitrogens with zero attached hydrogens (tertiary/aromatic N) is 3. The first-order chi connectivity index (χ1) is 8.33. The van der Waals surface area contributed by atoms with Gasteiger partial charge in [-0.15, -0.1) is 0 Å². The number of aromatic nitrogens is 1. The molecule has 94 valence electrons. The number of rotatable bonds is 4. The Morgan fingerprint density at radius 2 is 2.12 bits per heavy atom. The fourth-order valence-electron chi connectivity index (χ4n) is 2.12. The zero-order chi connectivity index (χ0) is 12.1. The molecule has 1 saturated heterocycles. The molecule has 1 fully saturated rings. The van der Waals surface area contributed by atoms with E-state index in [0.29, 0.717) is 0 Å². The van der Waals surface area contributed by atoms with Crippen LogP contribution >= 0.6 is 0 Å². The van der Waals surface area contributed by atoms with Gasteiger partial charge in [-0.05, 0) is 6.07 Å². The van der Waals surface area contributed by atoms with Gasteiger partial charge in [0.05, 0.1) is 6.61 Å². The van der Waals surface area contributed by atoms with Gasteiger partial charge in [-0.25, -0.2) is 4.98 Å². The zero-order valence-corrected chi connectivity index (χ0v) is 10.3. The number of piperazine rings is 1. The molecule has 5 nitrogen and oxygen atoms in total. The molecule has 2 rings (SSSR count). The maximum absolute atomic E-state index is 8.90. The first-order valence-electron chi connectivity index (χ1n) is 6.05. The summed E-state index contributed by atoms with van der Waals surface area (Å²) in [5.41, 5.74) is 1.22. The molecule has 0 aromatic carbocycles. The van der Waals surface area contributed by atoms with E-state index in [1.165, 1.54) is 5.69 Å². The summed E-state index contributed by atoms with van der Waals surface area (Å²) in [6, 6.07) is 4.12. The normalized spacial score (nSPS) is 17.2. The molecular formula is C12H20N4O. The van der Waals surface area contributed by atoms with Gasteiger partial charge in [0, 0.05) is 57.7 Å². The highest BCUT2D eigenvalue weighted by Crippen LogP contribution is 2.18. The Morgan fingerprint density at radius 1 is 1.35 bits per heavy atom. The Balaban J connectivity index is 1.95. The third kappa shape index (κ3) is 3.08. The van der Waals surface area contributed by atoms with Crippen molar-refractivity contribution in [1.29, 1.82) is 0 Å². The van der Waals surface area contributed by atoms with Crippen LogP contribution < -0.4 is 10.2 Å². The quantitative estimate of drug-likeness (QED) is 0.784. The van der Waals surface area contributed by atoms with E-state index in [0.717, 1.165) is 38.5 Å². The van der Waals surface area contributed by atoms with E-state index in [2.05, 4.69) is 26.2 Å². The van der Waals surface area contributed by atoms with Crippen molar-refractivity contribution in [3.8, 4) is 0 Å². The summed E-state index contributed by atoms with van der Waals surface area (Å²) >= 11 is 0. The molecular weight excluding hydrogens is 216 g/mol. The number of pyridine rings is 1. The zero-order valence-electron chi connectivity index (χ0n) is 10.3. The molecule has 0 aliphatic carbocycles. The molecule has 0 saturated carbocycles. The second kappa shape index (κ2) is 5.84. The Labute approximate surface area is 102 Å². The Bertz CT molecular complexity index is 350. The van der Waals surface area contributed by atoms with E-state index in [-0.39, 0.29) is 6.61 Å². The smallest absolute Gasteiger partial charge is 0.127 e. The summed E-state index contributed by atoms with van der Waals surface area (Å²) < 4.78 is 0. The minimum absolute atomic E-state index is 0.249. The largest absolute Gasteiger partial charge is 0.395 e. The summed E-state index contributed by atoms with van der Waals surface area (Å²) in [5, 5.41) is 12.0. The molecule has 0 atom stereocenters. The summed E-state index contributed by atoms with van der Waals surface area (Å²) in [4.78, 5) is 8.86. The fourth-order valence-corrected chi connectivity index (χ4v) is 2.12. The molecule has 2 heterocycles. The first-order valence-corrected chi connectivity index (χ1v) is 6.05. The molecule has 2 N–H and O–H groups in total. The van der Waals surface area contributed by atoms with E-state index in [1.807, 2.05) is 19.3 Å². The van der Waals surface area contributed by atoms with Gasteiger partial charge in [0.15, 0.2) is 0 Å². The van der Waals surface area contributed by atoms with Crippen LogP contribution in [0.4, 0.5) is 11.5 Å². The molecule has 17 heavy (non-hydrogen) atoms. The summed E-state index contributed by atoms with van der Waals surface area (Å²) in [5.74, 6) is 0.903. The second-order valence-electron chi connectivity index (χ2n) is 4.20. The van der Waals surface area contributed by atoms with Crippen molar-refractivity contribution < 1.29 is 5.11 Å². The maximum atomic E-state index is 8.90. The average molecular weight is 236 g/mol. The number of β-amino-alcohol motifs (C(OH)–C–C–N with tert-alkyl or cyclic N) is 1. The van der Waals surface area contributed by atoms with Crippen molar-refractivity contribution in [3.63, 3.8) is 0 Å². The van der Waals surface area contributed by atoms with Crippen LogP contribution in [0, 0.1) is 0 Å². The number of anilines is 2. The van der Waals surface area contributed by atoms with Gasteiger partial charge in [0.2, 0.25) is 0 Å². The number of aliphatic hydroxyl groups excluding tert-OH is 1. The molecule has 1 aliphatic rings. The van der Waals surface area contributed by atoms with Crippen molar-refractivity contribution in [1.82, 2.24) is 9.88 Å². The highest BCUT2D eigenvalue weighted by atomic mass is 16.3. The van der Waals surface area contributed by atoms with Crippen molar-refractivity contribution in [3.05, 3.63) is 18.3 Å². The lowest BCUT2D eigenvalue weighted by atomic mass is 10.2. The lowest BCUT2D eigenvalue weighted by Gasteiger charge is -2.35. The van der Waals surface area contributed by atoms with Gasteiger partial charge in [0.25, 0.3) is 0 Å². The van der Waals surface area contributed by atoms with Gasteiger partial charge < -0.3 is 15.3 Å². The molecule has 1 aromatic heterocycles. The van der Waals surface area contributed by atoms with Crippen LogP contribution in [0.3, 0.4) is 0 Å². The van der Waals surface area contributed by atoms with E-state index < -0.39 is 0 Å². The second-order valence-corrected chi connectivity index (χ2v) is 4.20. The first kappa shape index (κ1) is 12.1. The monoisotopic (exact) mass is 236 g/mol. The minimum Gasteiger partial charge on any atom is -0.395 e. The lowest BCUT2D eigenvalue weighted by molar-refractivity contribution is 0.189. The number of hydrogen-bond donors (Lipinski definition) is 2. The van der Waals surface area contributed by atoms with Crippen LogP contribution in [0.5, 0.6) is 0 Å². The SMILES string of the molecule is CNc1cc(N2CCN(CCO)CC2)ccn1. The van der Waals surface area contributed by atoms with E-state index in [1.54, 1.807) is 0 Å². The van der Waals surface area contributed by atoms with Crippen LogP contribution in [-0.4, -0.2) is 61.4 Å². The molecule has 0 unspecified atom stereocenters.